The number of benzene rings is 1. The molecule has 126 valence electrons. The van der Waals surface area contributed by atoms with Crippen molar-refractivity contribution in [2.24, 2.45) is 0 Å². The lowest BCUT2D eigenvalue weighted by Crippen LogP contribution is -2.66. The molecule has 2 aliphatic heterocycles. The Labute approximate surface area is 138 Å². The van der Waals surface area contributed by atoms with E-state index in [0.717, 1.165) is 37.3 Å². The fourth-order valence-electron chi connectivity index (χ4n) is 4.08. The molecule has 2 aliphatic rings. The van der Waals surface area contributed by atoms with Gasteiger partial charge < -0.3 is 5.11 Å². The van der Waals surface area contributed by atoms with Crippen LogP contribution in [0.3, 0.4) is 0 Å². The minimum absolute atomic E-state index is 0.173. The van der Waals surface area contributed by atoms with Crippen LogP contribution >= 0.6 is 0 Å². The fraction of sp³-hybridized carbons (Fsp3) is 0.611. The number of carboxylic acids is 1. The first-order chi connectivity index (χ1) is 11.2. The summed E-state index contributed by atoms with van der Waals surface area (Å²) in [5.41, 5.74) is 1.40. The predicted molar refractivity (Wildman–Crippen MR) is 89.6 cm³/mol. The summed E-state index contributed by atoms with van der Waals surface area (Å²) >= 11 is 0. The number of hydrogen-bond donors (Lipinski definition) is 1. The Bertz CT molecular complexity index is 506. The van der Waals surface area contributed by atoms with Crippen molar-refractivity contribution in [3.05, 3.63) is 35.9 Å². The average Bonchev–Trinajstić information content (AvgIpc) is 2.57. The molecule has 23 heavy (non-hydrogen) atoms. The lowest BCUT2D eigenvalue weighted by Gasteiger charge is -2.50. The predicted octanol–water partition coefficient (Wildman–Crippen LogP) is 1.80. The number of rotatable bonds is 5. The second-order valence-electron chi connectivity index (χ2n) is 6.87. The van der Waals surface area contributed by atoms with Crippen LogP contribution in [-0.4, -0.2) is 71.4 Å². The standard InChI is InChI=1S/C18H27N3O2/c22-18(23)15-19-9-11-20(12-10-19)21(13-5-2-6-14-21)16-17-7-3-1-4-8-17/h1,3-4,7-8H,2,5-6,9-16H2/p+1. The summed E-state index contributed by atoms with van der Waals surface area (Å²) in [6.07, 6.45) is 3.93. The van der Waals surface area contributed by atoms with Crippen molar-refractivity contribution in [2.45, 2.75) is 25.8 Å². The van der Waals surface area contributed by atoms with Gasteiger partial charge in [-0.3, -0.25) is 9.69 Å². The molecule has 2 fully saturated rings. The number of nitrogens with zero attached hydrogens (tertiary/aromatic N) is 3. The van der Waals surface area contributed by atoms with E-state index < -0.39 is 5.97 Å². The van der Waals surface area contributed by atoms with Crippen molar-refractivity contribution in [3.63, 3.8) is 0 Å². The number of hydrogen-bond acceptors (Lipinski definition) is 3. The largest absolute Gasteiger partial charge is 0.480 e. The zero-order valence-corrected chi connectivity index (χ0v) is 13.9. The van der Waals surface area contributed by atoms with Crippen LogP contribution in [-0.2, 0) is 11.3 Å². The molecule has 0 spiro atoms. The summed E-state index contributed by atoms with van der Waals surface area (Å²) in [5, 5.41) is 11.6. The van der Waals surface area contributed by atoms with Gasteiger partial charge in [-0.25, -0.2) is 4.59 Å². The van der Waals surface area contributed by atoms with Gasteiger partial charge in [0.1, 0.15) is 6.54 Å². The van der Waals surface area contributed by atoms with Crippen molar-refractivity contribution >= 4 is 5.97 Å². The Balaban J connectivity index is 1.68. The maximum atomic E-state index is 10.9. The molecule has 5 nitrogen and oxygen atoms in total. The zero-order chi connectivity index (χ0) is 16.1. The summed E-state index contributed by atoms with van der Waals surface area (Å²) in [7, 11) is 0. The molecule has 0 aromatic heterocycles. The van der Waals surface area contributed by atoms with Crippen LogP contribution in [0, 0.1) is 0 Å². The number of carbonyl (C=O) groups is 1. The van der Waals surface area contributed by atoms with Crippen LogP contribution in [0.2, 0.25) is 0 Å². The maximum Gasteiger partial charge on any atom is 0.317 e. The van der Waals surface area contributed by atoms with Crippen LogP contribution in [0.1, 0.15) is 24.8 Å². The Hall–Kier alpha value is -1.43. The van der Waals surface area contributed by atoms with E-state index in [1.165, 1.54) is 37.9 Å². The topological polar surface area (TPSA) is 43.8 Å². The number of aliphatic carboxylic acids is 1. The van der Waals surface area contributed by atoms with Crippen molar-refractivity contribution < 1.29 is 14.5 Å². The van der Waals surface area contributed by atoms with E-state index in [1.807, 2.05) is 0 Å². The molecular weight excluding hydrogens is 290 g/mol. The van der Waals surface area contributed by atoms with Crippen molar-refractivity contribution in [3.8, 4) is 0 Å². The Kier molecular flexibility index (Phi) is 5.30. The molecule has 2 saturated heterocycles. The molecule has 0 bridgehead atoms. The van der Waals surface area contributed by atoms with Crippen LogP contribution < -0.4 is 0 Å². The number of piperazine rings is 1. The van der Waals surface area contributed by atoms with Gasteiger partial charge in [0.2, 0.25) is 0 Å². The lowest BCUT2D eigenvalue weighted by atomic mass is 10.1. The SMILES string of the molecule is O=C(O)CN1CCN([N+]2(Cc3ccccc3)CCCCC2)CC1. The molecule has 2 heterocycles. The molecule has 1 N–H and O–H groups in total. The molecule has 5 heteroatoms. The second kappa shape index (κ2) is 7.43. The number of piperidine rings is 1. The molecular formula is C18H28N3O2+. The van der Waals surface area contributed by atoms with E-state index in [0.29, 0.717) is 0 Å². The normalized spacial score (nSPS) is 22.8. The highest BCUT2D eigenvalue weighted by Crippen LogP contribution is 2.27. The third-order valence-corrected chi connectivity index (χ3v) is 5.28. The van der Waals surface area contributed by atoms with E-state index in [4.69, 9.17) is 5.11 Å². The molecule has 0 radical (unpaired) electrons. The highest BCUT2D eigenvalue weighted by Gasteiger charge is 2.39. The van der Waals surface area contributed by atoms with Crippen molar-refractivity contribution in [1.82, 2.24) is 9.91 Å². The van der Waals surface area contributed by atoms with Gasteiger partial charge in [-0.05, 0) is 19.3 Å². The van der Waals surface area contributed by atoms with Crippen LogP contribution in [0.4, 0.5) is 0 Å². The summed E-state index contributed by atoms with van der Waals surface area (Å²) < 4.78 is 1.06. The molecule has 0 atom stereocenters. The first-order valence-corrected chi connectivity index (χ1v) is 8.78. The quantitative estimate of drug-likeness (QED) is 0.841. The minimum Gasteiger partial charge on any atom is -0.480 e. The molecule has 0 unspecified atom stereocenters. The first-order valence-electron chi connectivity index (χ1n) is 8.78. The maximum absolute atomic E-state index is 10.9. The van der Waals surface area contributed by atoms with Gasteiger partial charge in [0, 0.05) is 18.7 Å². The summed E-state index contributed by atoms with van der Waals surface area (Å²) in [5.74, 6) is -0.718. The number of quaternary nitrogens is 1. The van der Waals surface area contributed by atoms with E-state index in [1.54, 1.807) is 0 Å². The molecule has 0 saturated carbocycles. The smallest absolute Gasteiger partial charge is 0.317 e. The van der Waals surface area contributed by atoms with Gasteiger partial charge in [-0.2, -0.15) is 5.01 Å². The van der Waals surface area contributed by atoms with Gasteiger partial charge in [0.15, 0.2) is 0 Å². The van der Waals surface area contributed by atoms with E-state index in [9.17, 15) is 4.79 Å². The van der Waals surface area contributed by atoms with E-state index in [-0.39, 0.29) is 6.54 Å². The Morgan fingerprint density at radius 2 is 1.65 bits per heavy atom. The molecule has 1 aromatic carbocycles. The average molecular weight is 318 g/mol. The second-order valence-corrected chi connectivity index (χ2v) is 6.87. The van der Waals surface area contributed by atoms with Crippen molar-refractivity contribution in [2.75, 3.05) is 45.8 Å². The third-order valence-electron chi connectivity index (χ3n) is 5.28. The first kappa shape index (κ1) is 16.4. The summed E-state index contributed by atoms with van der Waals surface area (Å²) in [6, 6.07) is 10.8. The lowest BCUT2D eigenvalue weighted by molar-refractivity contribution is -1.05. The summed E-state index contributed by atoms with van der Waals surface area (Å²) in [6.45, 7) is 7.34. The highest BCUT2D eigenvalue weighted by molar-refractivity contribution is 5.69. The van der Waals surface area contributed by atoms with Gasteiger partial charge in [-0.15, -0.1) is 0 Å². The molecule has 1 aromatic rings. The Morgan fingerprint density at radius 3 is 2.26 bits per heavy atom. The van der Waals surface area contributed by atoms with Crippen LogP contribution in [0.15, 0.2) is 30.3 Å². The molecule has 0 amide bonds. The zero-order valence-electron chi connectivity index (χ0n) is 13.9. The van der Waals surface area contributed by atoms with Gasteiger partial charge in [-0.1, -0.05) is 30.3 Å². The minimum atomic E-state index is -0.718. The number of carboxylic acid groups (broad SMARTS) is 1. The number of likely N-dealkylation sites (tertiary alicyclic amines) is 1. The fourth-order valence-corrected chi connectivity index (χ4v) is 4.08. The third kappa shape index (κ3) is 4.10. The molecule has 0 aliphatic carbocycles. The molecule has 3 rings (SSSR count). The van der Waals surface area contributed by atoms with Crippen LogP contribution in [0.25, 0.3) is 0 Å². The van der Waals surface area contributed by atoms with Gasteiger partial charge in [0.25, 0.3) is 0 Å². The van der Waals surface area contributed by atoms with Gasteiger partial charge in [0.05, 0.1) is 32.7 Å². The summed E-state index contributed by atoms with van der Waals surface area (Å²) in [4.78, 5) is 13.0. The van der Waals surface area contributed by atoms with E-state index >= 15 is 0 Å². The van der Waals surface area contributed by atoms with Crippen molar-refractivity contribution in [1.29, 1.82) is 0 Å². The Morgan fingerprint density at radius 1 is 1.00 bits per heavy atom. The van der Waals surface area contributed by atoms with Gasteiger partial charge >= 0.3 is 5.97 Å². The highest BCUT2D eigenvalue weighted by atomic mass is 16.4. The van der Waals surface area contributed by atoms with E-state index in [2.05, 4.69) is 40.2 Å². The monoisotopic (exact) mass is 318 g/mol. The van der Waals surface area contributed by atoms with Crippen LogP contribution in [0.5, 0.6) is 0 Å².